The second-order valence-electron chi connectivity index (χ2n) is 8.97. The molecule has 2 aliphatic rings. The molecule has 8 nitrogen and oxygen atoms in total. The number of nitrogens with zero attached hydrogens (tertiary/aromatic N) is 5. The predicted molar refractivity (Wildman–Crippen MR) is 121 cm³/mol. The van der Waals surface area contributed by atoms with E-state index >= 15 is 0 Å². The summed E-state index contributed by atoms with van der Waals surface area (Å²) in [4.78, 5) is 33.9. The summed E-state index contributed by atoms with van der Waals surface area (Å²) in [6.07, 6.45) is 8.57. The highest BCUT2D eigenvalue weighted by Gasteiger charge is 2.27. The fourth-order valence-electron chi connectivity index (χ4n) is 4.71. The average Bonchev–Trinajstić information content (AvgIpc) is 3.38. The summed E-state index contributed by atoms with van der Waals surface area (Å²) in [7, 11) is 1.84. The Bertz CT molecular complexity index is 888. The molecule has 2 saturated heterocycles. The number of nitrogens with one attached hydrogen (secondary N) is 1. The summed E-state index contributed by atoms with van der Waals surface area (Å²) in [6, 6.07) is 0. The van der Waals surface area contributed by atoms with Gasteiger partial charge >= 0.3 is 0 Å². The number of piperidine rings is 2. The molecule has 0 aliphatic carbocycles. The minimum Gasteiger partial charge on any atom is -0.342 e. The molecule has 2 aromatic heterocycles. The molecule has 1 unspecified atom stereocenters. The molecule has 0 saturated carbocycles. The molecule has 2 fully saturated rings. The first-order valence-corrected chi connectivity index (χ1v) is 12.1. The highest BCUT2D eigenvalue weighted by molar-refractivity contribution is 7.13. The second-order valence-corrected chi connectivity index (χ2v) is 9.86. The SMILES string of the molecule is CC1CCCN(CC(=O)N2CCC(Cc3nn(C)cc3C(=O)Nc3nccs3)CC2)C1. The van der Waals surface area contributed by atoms with E-state index in [-0.39, 0.29) is 11.8 Å². The lowest BCUT2D eigenvalue weighted by molar-refractivity contribution is -0.134. The van der Waals surface area contributed by atoms with Crippen molar-refractivity contribution in [3.05, 3.63) is 29.0 Å². The Morgan fingerprint density at radius 2 is 2.03 bits per heavy atom. The van der Waals surface area contributed by atoms with Gasteiger partial charge in [0.15, 0.2) is 5.13 Å². The molecule has 0 bridgehead atoms. The molecule has 168 valence electrons. The normalized spacial score (nSPS) is 20.7. The van der Waals surface area contributed by atoms with Crippen LogP contribution in [0.3, 0.4) is 0 Å². The van der Waals surface area contributed by atoms with E-state index in [1.165, 1.54) is 24.2 Å². The molecular formula is C22H32N6O2S. The largest absolute Gasteiger partial charge is 0.342 e. The Hall–Kier alpha value is -2.26. The van der Waals surface area contributed by atoms with Crippen LogP contribution in [0.2, 0.25) is 0 Å². The van der Waals surface area contributed by atoms with Gasteiger partial charge < -0.3 is 4.90 Å². The van der Waals surface area contributed by atoms with E-state index in [1.807, 2.05) is 17.3 Å². The number of rotatable bonds is 6. The van der Waals surface area contributed by atoms with Crippen LogP contribution in [0.4, 0.5) is 5.13 Å². The van der Waals surface area contributed by atoms with Crippen molar-refractivity contribution in [2.45, 2.75) is 39.0 Å². The van der Waals surface area contributed by atoms with Gasteiger partial charge in [-0.25, -0.2) is 4.98 Å². The molecule has 31 heavy (non-hydrogen) atoms. The lowest BCUT2D eigenvalue weighted by Crippen LogP contribution is -2.46. The zero-order chi connectivity index (χ0) is 21.8. The second kappa shape index (κ2) is 9.91. The number of aryl methyl sites for hydroxylation is 1. The van der Waals surface area contributed by atoms with Crippen molar-refractivity contribution in [1.82, 2.24) is 24.6 Å². The quantitative estimate of drug-likeness (QED) is 0.741. The van der Waals surface area contributed by atoms with Crippen LogP contribution in [0.5, 0.6) is 0 Å². The van der Waals surface area contributed by atoms with Crippen LogP contribution in [-0.4, -0.2) is 69.1 Å². The van der Waals surface area contributed by atoms with E-state index in [9.17, 15) is 9.59 Å². The van der Waals surface area contributed by atoms with Crippen molar-refractivity contribution in [3.63, 3.8) is 0 Å². The van der Waals surface area contributed by atoms with Crippen LogP contribution in [0, 0.1) is 11.8 Å². The van der Waals surface area contributed by atoms with Crippen LogP contribution < -0.4 is 5.32 Å². The summed E-state index contributed by atoms with van der Waals surface area (Å²) in [6.45, 7) is 6.48. The fraction of sp³-hybridized carbons (Fsp3) is 0.636. The minimum atomic E-state index is -0.165. The van der Waals surface area contributed by atoms with Crippen molar-refractivity contribution in [2.24, 2.45) is 18.9 Å². The number of likely N-dealkylation sites (tertiary alicyclic amines) is 2. The summed E-state index contributed by atoms with van der Waals surface area (Å²) >= 11 is 1.40. The van der Waals surface area contributed by atoms with E-state index in [0.717, 1.165) is 51.1 Å². The maximum Gasteiger partial charge on any atom is 0.260 e. The smallest absolute Gasteiger partial charge is 0.260 e. The first-order valence-electron chi connectivity index (χ1n) is 11.2. The zero-order valence-corrected chi connectivity index (χ0v) is 19.2. The van der Waals surface area contributed by atoms with Gasteiger partial charge in [-0.05, 0) is 50.5 Å². The van der Waals surface area contributed by atoms with Gasteiger partial charge in [-0.2, -0.15) is 5.10 Å². The Balaban J connectivity index is 1.29. The molecule has 1 N–H and O–H groups in total. The average molecular weight is 445 g/mol. The Labute approximate surface area is 187 Å². The molecule has 2 aliphatic heterocycles. The highest BCUT2D eigenvalue weighted by Crippen LogP contribution is 2.24. The van der Waals surface area contributed by atoms with Crippen LogP contribution in [-0.2, 0) is 18.3 Å². The zero-order valence-electron chi connectivity index (χ0n) is 18.4. The van der Waals surface area contributed by atoms with Crippen molar-refractivity contribution in [2.75, 3.05) is 38.0 Å². The van der Waals surface area contributed by atoms with E-state index in [1.54, 1.807) is 17.1 Å². The maximum atomic E-state index is 12.7. The molecule has 1 atom stereocenters. The number of carbonyl (C=O) groups is 2. The molecule has 2 amide bonds. The van der Waals surface area contributed by atoms with Crippen molar-refractivity contribution < 1.29 is 9.59 Å². The maximum absolute atomic E-state index is 12.7. The number of hydrogen-bond donors (Lipinski definition) is 1. The third-order valence-corrected chi connectivity index (χ3v) is 7.04. The fourth-order valence-corrected chi connectivity index (χ4v) is 5.23. The lowest BCUT2D eigenvalue weighted by Gasteiger charge is -2.35. The van der Waals surface area contributed by atoms with Gasteiger partial charge in [-0.1, -0.05) is 6.92 Å². The molecule has 9 heteroatoms. The third-order valence-electron chi connectivity index (χ3n) is 6.35. The first kappa shape index (κ1) is 22.0. The van der Waals surface area contributed by atoms with Gasteiger partial charge in [0.2, 0.25) is 5.91 Å². The van der Waals surface area contributed by atoms with Crippen LogP contribution >= 0.6 is 11.3 Å². The van der Waals surface area contributed by atoms with Gasteiger partial charge in [-0.3, -0.25) is 24.5 Å². The third kappa shape index (κ3) is 5.71. The number of amides is 2. The Kier molecular flexibility index (Phi) is 7.02. The summed E-state index contributed by atoms with van der Waals surface area (Å²) in [5.74, 6) is 1.21. The minimum absolute atomic E-state index is 0.165. The molecular weight excluding hydrogens is 412 g/mol. The van der Waals surface area contributed by atoms with Gasteiger partial charge in [0.1, 0.15) is 0 Å². The predicted octanol–water partition coefficient (Wildman–Crippen LogP) is 2.64. The molecule has 0 radical (unpaired) electrons. The molecule has 0 aromatic carbocycles. The van der Waals surface area contributed by atoms with E-state index < -0.39 is 0 Å². The van der Waals surface area contributed by atoms with Gasteiger partial charge in [0.05, 0.1) is 17.8 Å². The van der Waals surface area contributed by atoms with Gasteiger partial charge in [0.25, 0.3) is 5.91 Å². The van der Waals surface area contributed by atoms with Crippen molar-refractivity contribution >= 4 is 28.3 Å². The Morgan fingerprint density at radius 1 is 1.23 bits per heavy atom. The van der Waals surface area contributed by atoms with Crippen molar-refractivity contribution in [1.29, 1.82) is 0 Å². The van der Waals surface area contributed by atoms with Crippen LogP contribution in [0.15, 0.2) is 17.8 Å². The lowest BCUT2D eigenvalue weighted by atomic mass is 9.91. The van der Waals surface area contributed by atoms with E-state index in [0.29, 0.717) is 29.1 Å². The molecule has 4 heterocycles. The van der Waals surface area contributed by atoms with Crippen LogP contribution in [0.25, 0.3) is 0 Å². The molecule has 0 spiro atoms. The summed E-state index contributed by atoms with van der Waals surface area (Å²) in [5, 5.41) is 9.82. The number of carbonyl (C=O) groups excluding carboxylic acids is 2. The van der Waals surface area contributed by atoms with Crippen LogP contribution in [0.1, 0.15) is 48.7 Å². The standard InChI is InChI=1S/C22H32N6O2S/c1-16-4-3-8-27(13-16)15-20(29)28-9-5-17(6-10-28)12-19-18(14-26(2)25-19)21(30)24-22-23-7-11-31-22/h7,11,14,16-17H,3-6,8-10,12-13,15H2,1-2H3,(H,23,24,30). The first-order chi connectivity index (χ1) is 15.0. The summed E-state index contributed by atoms with van der Waals surface area (Å²) in [5.41, 5.74) is 1.43. The van der Waals surface area contributed by atoms with E-state index in [4.69, 9.17) is 0 Å². The summed E-state index contributed by atoms with van der Waals surface area (Å²) < 4.78 is 1.70. The molecule has 2 aromatic rings. The van der Waals surface area contributed by atoms with Gasteiger partial charge in [-0.15, -0.1) is 11.3 Å². The number of aromatic nitrogens is 3. The molecule has 4 rings (SSSR count). The van der Waals surface area contributed by atoms with Crippen molar-refractivity contribution in [3.8, 4) is 0 Å². The Morgan fingerprint density at radius 3 is 2.74 bits per heavy atom. The van der Waals surface area contributed by atoms with E-state index in [2.05, 4.69) is 27.2 Å². The monoisotopic (exact) mass is 444 g/mol. The number of anilines is 1. The van der Waals surface area contributed by atoms with Gasteiger partial charge in [0, 0.05) is 44.5 Å². The topological polar surface area (TPSA) is 83.4 Å². The number of thiazole rings is 1. The number of hydrogen-bond acceptors (Lipinski definition) is 6. The highest BCUT2D eigenvalue weighted by atomic mass is 32.1.